The van der Waals surface area contributed by atoms with E-state index in [9.17, 15) is 38.5 Å². The maximum absolute atomic E-state index is 13.4. The van der Waals surface area contributed by atoms with Gasteiger partial charge in [-0.25, -0.2) is 28.9 Å². The standard InChI is InChI=1S/C27H40N12O14P2S2/c1-12(2)56-57-13(7-35-37-31)5-14(28)26(41)52-22-17(51-25(21(22)40)39-11-34-20-23(30)32-10-33-24(20)39)9-49-55(46,47)53-15-6-19(38-4-3-18(29)36-27(38)42)50-16(15)8-48-54(43,44)45/h3-4,10-17,19,21-22,25,40H,5-9,28H2,1-2H3,(H,46,47)(H2,29,36,42)(H2,30,32,33)(H2,43,44,45)/t13?,14-,15-,16+,17+,19+,21+,22+,25+/m0/s1. The number of fused-ring (bicyclic) bond motifs is 1. The van der Waals surface area contributed by atoms with Gasteiger partial charge in [0, 0.05) is 34.6 Å². The van der Waals surface area contributed by atoms with Gasteiger partial charge in [0.05, 0.1) is 19.5 Å². The van der Waals surface area contributed by atoms with Crippen LogP contribution >= 0.6 is 37.2 Å². The van der Waals surface area contributed by atoms with Crippen LogP contribution in [0.4, 0.5) is 11.6 Å². The minimum atomic E-state index is -5.18. The van der Waals surface area contributed by atoms with E-state index in [1.54, 1.807) is 0 Å². The first-order chi connectivity index (χ1) is 26.9. The molecule has 5 heterocycles. The van der Waals surface area contributed by atoms with Crippen molar-refractivity contribution in [1.29, 1.82) is 0 Å². The summed E-state index contributed by atoms with van der Waals surface area (Å²) < 4.78 is 59.6. The van der Waals surface area contributed by atoms with E-state index in [4.69, 9.17) is 46.0 Å². The molecule has 0 spiro atoms. The number of nitrogen functional groups attached to an aromatic ring is 2. The zero-order valence-electron chi connectivity index (χ0n) is 30.0. The summed E-state index contributed by atoms with van der Waals surface area (Å²) in [6.45, 7) is 2.23. The van der Waals surface area contributed by atoms with Crippen LogP contribution in [-0.4, -0.2) is 122 Å². The van der Waals surface area contributed by atoms with Gasteiger partial charge in [-0.1, -0.05) is 40.5 Å². The lowest BCUT2D eigenvalue weighted by atomic mass is 10.1. The van der Waals surface area contributed by atoms with E-state index >= 15 is 0 Å². The number of phosphoric ester groups is 2. The molecule has 0 radical (unpaired) electrons. The van der Waals surface area contributed by atoms with E-state index in [0.717, 1.165) is 10.9 Å². The number of esters is 1. The van der Waals surface area contributed by atoms with Gasteiger partial charge < -0.3 is 51.2 Å². The number of carbonyl (C=O) groups excluding carboxylic acids is 1. The highest BCUT2D eigenvalue weighted by Gasteiger charge is 2.50. The average molecular weight is 883 g/mol. The molecule has 2 aliphatic heterocycles. The molecule has 3 aromatic rings. The molecule has 30 heteroatoms. The lowest BCUT2D eigenvalue weighted by Crippen LogP contribution is -2.44. The lowest BCUT2D eigenvalue weighted by Gasteiger charge is -2.25. The van der Waals surface area contributed by atoms with Gasteiger partial charge >= 0.3 is 27.3 Å². The molecular weight excluding hydrogens is 842 g/mol. The number of phosphoric acid groups is 2. The fourth-order valence-electron chi connectivity index (χ4n) is 5.66. The van der Waals surface area contributed by atoms with E-state index in [0.29, 0.717) is 0 Å². The number of hydrogen-bond acceptors (Lipinski definition) is 21. The molecule has 10 atom stereocenters. The van der Waals surface area contributed by atoms with Crippen molar-refractivity contribution < 1.29 is 61.5 Å². The topological polar surface area (TPSA) is 393 Å². The maximum atomic E-state index is 13.4. The van der Waals surface area contributed by atoms with Crippen molar-refractivity contribution >= 4 is 66.0 Å². The second-order valence-corrected chi connectivity index (χ2v) is 18.6. The smallest absolute Gasteiger partial charge is 0.455 e. The maximum Gasteiger partial charge on any atom is 0.472 e. The summed E-state index contributed by atoms with van der Waals surface area (Å²) in [5.41, 5.74) is 25.9. The third-order valence-corrected chi connectivity index (χ3v) is 13.1. The number of nitrogens with zero attached hydrogens (tertiary/aromatic N) is 9. The highest BCUT2D eigenvalue weighted by atomic mass is 33.1. The quantitative estimate of drug-likeness (QED) is 0.0215. The summed E-state index contributed by atoms with van der Waals surface area (Å²) >= 11 is 0. The summed E-state index contributed by atoms with van der Waals surface area (Å²) in [6.07, 6.45) is -6.95. The largest absolute Gasteiger partial charge is 0.472 e. The minimum Gasteiger partial charge on any atom is -0.455 e. The Labute approximate surface area is 330 Å². The van der Waals surface area contributed by atoms with Gasteiger partial charge in [-0.15, -0.1) is 0 Å². The van der Waals surface area contributed by atoms with Crippen molar-refractivity contribution in [2.24, 2.45) is 10.8 Å². The number of rotatable bonds is 19. The molecule has 0 aromatic carbocycles. The van der Waals surface area contributed by atoms with Crippen molar-refractivity contribution in [3.8, 4) is 0 Å². The predicted molar refractivity (Wildman–Crippen MR) is 200 cm³/mol. The van der Waals surface area contributed by atoms with Crippen LogP contribution in [-0.2, 0) is 41.7 Å². The van der Waals surface area contributed by atoms with Crippen LogP contribution in [0.5, 0.6) is 0 Å². The number of hydrogen-bond donors (Lipinski definition) is 7. The van der Waals surface area contributed by atoms with E-state index in [-0.39, 0.29) is 47.4 Å². The van der Waals surface area contributed by atoms with Crippen LogP contribution in [0.25, 0.3) is 21.6 Å². The molecule has 3 aromatic heterocycles. The molecule has 0 bridgehead atoms. The Morgan fingerprint density at radius 3 is 2.54 bits per heavy atom. The van der Waals surface area contributed by atoms with E-state index in [2.05, 4.69) is 34.5 Å². The van der Waals surface area contributed by atoms with Crippen molar-refractivity contribution in [3.05, 3.63) is 45.8 Å². The lowest BCUT2D eigenvalue weighted by molar-refractivity contribution is -0.158. The first kappa shape index (κ1) is 44.7. The normalized spacial score (nSPS) is 25.9. The number of ether oxygens (including phenoxy) is 3. The molecular formula is C27H40N12O14P2S2. The van der Waals surface area contributed by atoms with Gasteiger partial charge in [-0.2, -0.15) is 4.98 Å². The Morgan fingerprint density at radius 1 is 1.12 bits per heavy atom. The van der Waals surface area contributed by atoms with Crippen LogP contribution in [0.15, 0.2) is 34.8 Å². The van der Waals surface area contributed by atoms with Crippen molar-refractivity contribution in [2.75, 3.05) is 31.2 Å². The molecule has 2 saturated heterocycles. The van der Waals surface area contributed by atoms with Crippen molar-refractivity contribution in [3.63, 3.8) is 0 Å². The predicted octanol–water partition coefficient (Wildman–Crippen LogP) is 0.503. The summed E-state index contributed by atoms with van der Waals surface area (Å²) in [5.74, 6) is -1.08. The molecule has 26 nitrogen and oxygen atoms in total. The second kappa shape index (κ2) is 19.1. The number of aliphatic hydroxyl groups excluding tert-OH is 1. The van der Waals surface area contributed by atoms with Crippen LogP contribution in [0.2, 0.25) is 0 Å². The fourth-order valence-corrected chi connectivity index (χ4v) is 9.32. The molecule has 57 heavy (non-hydrogen) atoms. The molecule has 2 unspecified atom stereocenters. The van der Waals surface area contributed by atoms with Gasteiger partial charge in [-0.3, -0.25) is 27.5 Å². The Kier molecular flexibility index (Phi) is 15.0. The van der Waals surface area contributed by atoms with Crippen LogP contribution in [0.3, 0.4) is 0 Å². The summed E-state index contributed by atoms with van der Waals surface area (Å²) in [4.78, 5) is 73.8. The van der Waals surface area contributed by atoms with E-state index < -0.39 is 94.8 Å². The first-order valence-electron chi connectivity index (χ1n) is 16.8. The zero-order chi connectivity index (χ0) is 41.7. The van der Waals surface area contributed by atoms with Gasteiger partial charge in [0.2, 0.25) is 0 Å². The van der Waals surface area contributed by atoms with Crippen molar-refractivity contribution in [1.82, 2.24) is 29.1 Å². The molecule has 5 rings (SSSR count). The van der Waals surface area contributed by atoms with Gasteiger partial charge in [-0.05, 0) is 18.0 Å². The Morgan fingerprint density at radius 2 is 1.86 bits per heavy atom. The number of aromatic nitrogens is 6. The minimum absolute atomic E-state index is 0.00838. The number of carbonyl (C=O) groups is 1. The second-order valence-electron chi connectivity index (χ2n) is 12.8. The number of anilines is 2. The third kappa shape index (κ3) is 11.8. The summed E-state index contributed by atoms with van der Waals surface area (Å²) in [6, 6.07) is -0.00194. The molecule has 0 saturated carbocycles. The van der Waals surface area contributed by atoms with Gasteiger partial charge in [0.25, 0.3) is 0 Å². The number of azide groups is 1. The average Bonchev–Trinajstić information content (AvgIpc) is 3.82. The van der Waals surface area contributed by atoms with Crippen molar-refractivity contribution in [2.45, 2.75) is 86.2 Å². The highest BCUT2D eigenvalue weighted by molar-refractivity contribution is 8.77. The Hall–Kier alpha value is -3.43. The number of aliphatic hydroxyl groups is 1. The summed E-state index contributed by atoms with van der Waals surface area (Å²) in [5, 5.41) is 14.9. The van der Waals surface area contributed by atoms with E-state index in [1.807, 2.05) is 13.8 Å². The first-order valence-corrected chi connectivity index (χ1v) is 22.1. The van der Waals surface area contributed by atoms with Gasteiger partial charge in [0.15, 0.2) is 23.8 Å². The SMILES string of the molecule is CC(C)SSC(CN=[N+]=[N-])C[C@H](N)C(=O)O[C@H]1[C@@H](O)[C@H](n2cnc3c(N)ncnc32)O[C@@H]1COP(=O)(O)O[C@H]1C[C@H](n2ccc(N)nc2=O)O[C@@H]1COP(=O)(O)O. The number of imidazole rings is 1. The number of nitrogens with two attached hydrogens (primary N) is 3. The Bertz CT molecular complexity index is 2090. The highest BCUT2D eigenvalue weighted by Crippen LogP contribution is 2.50. The fraction of sp³-hybridized carbons (Fsp3) is 0.630. The molecule has 0 aliphatic carbocycles. The Balaban J connectivity index is 1.34. The van der Waals surface area contributed by atoms with Crippen LogP contribution in [0, 0.1) is 0 Å². The molecule has 10 N–H and O–H groups in total. The molecule has 2 fully saturated rings. The monoisotopic (exact) mass is 882 g/mol. The van der Waals surface area contributed by atoms with Crippen LogP contribution in [0.1, 0.15) is 39.1 Å². The zero-order valence-corrected chi connectivity index (χ0v) is 33.4. The third-order valence-electron chi connectivity index (χ3n) is 8.19. The van der Waals surface area contributed by atoms with Crippen LogP contribution < -0.4 is 22.9 Å². The van der Waals surface area contributed by atoms with Gasteiger partial charge in [0.1, 0.15) is 54.3 Å². The molecule has 0 amide bonds. The van der Waals surface area contributed by atoms with E-state index in [1.165, 1.54) is 44.7 Å². The molecule has 2 aliphatic rings. The summed E-state index contributed by atoms with van der Waals surface area (Å²) in [7, 11) is -7.38. The molecule has 314 valence electrons.